The molecule has 8 nitrogen and oxygen atoms in total. The van der Waals surface area contributed by atoms with Crippen LogP contribution in [-0.2, 0) is 12.7 Å². The molecule has 3 aromatic rings. The summed E-state index contributed by atoms with van der Waals surface area (Å²) in [6, 6.07) is 6.09. The van der Waals surface area contributed by atoms with Crippen LogP contribution in [0.1, 0.15) is 48.7 Å². The van der Waals surface area contributed by atoms with Crippen LogP contribution >= 0.6 is 0 Å². The van der Waals surface area contributed by atoms with E-state index in [1.165, 1.54) is 6.33 Å². The number of alkyl halides is 1. The number of halogens is 1. The van der Waals surface area contributed by atoms with Crippen LogP contribution in [-0.4, -0.2) is 43.0 Å². The third kappa shape index (κ3) is 3.18. The van der Waals surface area contributed by atoms with Crippen molar-refractivity contribution in [2.75, 3.05) is 18.0 Å². The minimum Gasteiger partial charge on any atom is -0.368 e. The van der Waals surface area contributed by atoms with Gasteiger partial charge >= 0.3 is 0 Å². The van der Waals surface area contributed by atoms with Crippen molar-refractivity contribution in [3.63, 3.8) is 0 Å². The molecule has 1 saturated carbocycles. The van der Waals surface area contributed by atoms with Gasteiger partial charge in [-0.2, -0.15) is 15.5 Å². The van der Waals surface area contributed by atoms with Gasteiger partial charge in [0.2, 0.25) is 0 Å². The molecule has 2 aliphatic rings. The molecular weight excluding hydrogens is 383 g/mol. The molecule has 4 heterocycles. The van der Waals surface area contributed by atoms with E-state index < -0.39 is 5.67 Å². The Labute approximate surface area is 173 Å². The number of nitrogens with zero attached hydrogens (tertiary/aromatic N) is 8. The molecule has 0 unspecified atom stereocenters. The number of rotatable bonds is 4. The quantitative estimate of drug-likeness (QED) is 0.660. The Morgan fingerprint density at radius 1 is 1.20 bits per heavy atom. The van der Waals surface area contributed by atoms with Crippen LogP contribution < -0.4 is 4.90 Å². The second kappa shape index (κ2) is 7.13. The van der Waals surface area contributed by atoms with Crippen LogP contribution in [0.5, 0.6) is 0 Å². The maximum atomic E-state index is 15.6. The monoisotopic (exact) mass is 404 g/mol. The molecular formula is C21H21FN8. The van der Waals surface area contributed by atoms with Gasteiger partial charge in [0, 0.05) is 50.2 Å². The van der Waals surface area contributed by atoms with Crippen molar-refractivity contribution < 1.29 is 4.39 Å². The molecule has 1 aliphatic heterocycles. The molecule has 0 atom stereocenters. The summed E-state index contributed by atoms with van der Waals surface area (Å²) >= 11 is 0. The number of anilines is 1. The standard InChI is InChI=1S/C21H21FN8/c1-29-13-26-28-20(29)21(22)5-8-30(9-6-21)19-16(11-23)10-17(14-2-3-14)27-18(19)15-4-7-24-25-12-15/h4,7,10,12-14H,2-3,5-6,8-9H2,1H3. The summed E-state index contributed by atoms with van der Waals surface area (Å²) in [5.74, 6) is 0.763. The minimum atomic E-state index is -1.53. The molecule has 1 aliphatic carbocycles. The lowest BCUT2D eigenvalue weighted by molar-refractivity contribution is 0.109. The summed E-state index contributed by atoms with van der Waals surface area (Å²) < 4.78 is 17.3. The summed E-state index contributed by atoms with van der Waals surface area (Å²) in [4.78, 5) is 6.97. The molecule has 0 aromatic carbocycles. The van der Waals surface area contributed by atoms with E-state index in [4.69, 9.17) is 4.98 Å². The second-order valence-corrected chi connectivity index (χ2v) is 8.03. The summed E-state index contributed by atoms with van der Waals surface area (Å²) in [5.41, 5.74) is 2.26. The van der Waals surface area contributed by atoms with Crippen molar-refractivity contribution in [2.45, 2.75) is 37.3 Å². The summed E-state index contributed by atoms with van der Waals surface area (Å²) in [7, 11) is 1.76. The lowest BCUT2D eigenvalue weighted by atomic mass is 9.91. The van der Waals surface area contributed by atoms with Gasteiger partial charge in [0.15, 0.2) is 11.5 Å². The van der Waals surface area contributed by atoms with Crippen molar-refractivity contribution in [1.82, 2.24) is 29.9 Å². The van der Waals surface area contributed by atoms with E-state index in [0.717, 1.165) is 35.5 Å². The Morgan fingerprint density at radius 2 is 2.00 bits per heavy atom. The fraction of sp³-hybridized carbons (Fsp3) is 0.429. The lowest BCUT2D eigenvalue weighted by Crippen LogP contribution is -2.42. The molecule has 152 valence electrons. The first kappa shape index (κ1) is 18.6. The molecule has 0 N–H and O–H groups in total. The van der Waals surface area contributed by atoms with Crippen LogP contribution in [0.4, 0.5) is 10.1 Å². The van der Waals surface area contributed by atoms with Crippen molar-refractivity contribution >= 4 is 5.69 Å². The van der Waals surface area contributed by atoms with E-state index in [-0.39, 0.29) is 12.8 Å². The van der Waals surface area contributed by atoms with Crippen LogP contribution in [0.3, 0.4) is 0 Å². The van der Waals surface area contributed by atoms with Gasteiger partial charge in [-0.05, 0) is 25.0 Å². The Bertz CT molecular complexity index is 1110. The topological polar surface area (TPSA) is 96.4 Å². The first-order valence-electron chi connectivity index (χ1n) is 10.1. The van der Waals surface area contributed by atoms with Crippen LogP contribution in [0.25, 0.3) is 11.3 Å². The van der Waals surface area contributed by atoms with Crippen LogP contribution in [0, 0.1) is 11.3 Å². The number of piperidine rings is 1. The van der Waals surface area contributed by atoms with Crippen molar-refractivity contribution in [3.8, 4) is 17.3 Å². The number of hydrogen-bond acceptors (Lipinski definition) is 7. The molecule has 3 aromatic heterocycles. The average Bonchev–Trinajstić information content (AvgIpc) is 3.54. The lowest BCUT2D eigenvalue weighted by Gasteiger charge is -2.38. The number of pyridine rings is 1. The zero-order valence-electron chi connectivity index (χ0n) is 16.7. The molecule has 0 amide bonds. The zero-order chi connectivity index (χ0) is 20.7. The smallest absolute Gasteiger partial charge is 0.173 e. The third-order valence-electron chi connectivity index (χ3n) is 5.97. The SMILES string of the molecule is Cn1cnnc1C1(F)CCN(c2c(C#N)cc(C3CC3)nc2-c2ccnnc2)CC1. The molecule has 0 bridgehead atoms. The van der Waals surface area contributed by atoms with E-state index >= 15 is 4.39 Å². The van der Waals surface area contributed by atoms with E-state index in [2.05, 4.69) is 31.4 Å². The highest BCUT2D eigenvalue weighted by Gasteiger charge is 2.41. The van der Waals surface area contributed by atoms with Crippen LogP contribution in [0.15, 0.2) is 30.9 Å². The Balaban J connectivity index is 1.53. The Kier molecular flexibility index (Phi) is 4.42. The van der Waals surface area contributed by atoms with E-state index in [1.54, 1.807) is 24.0 Å². The summed E-state index contributed by atoms with van der Waals surface area (Å²) in [6.07, 6.45) is 7.52. The number of hydrogen-bond donors (Lipinski definition) is 0. The molecule has 0 spiro atoms. The second-order valence-electron chi connectivity index (χ2n) is 8.03. The molecule has 9 heteroatoms. The first-order valence-corrected chi connectivity index (χ1v) is 10.1. The predicted octanol–water partition coefficient (Wildman–Crippen LogP) is 2.88. The summed E-state index contributed by atoms with van der Waals surface area (Å²) in [5, 5.41) is 25.6. The third-order valence-corrected chi connectivity index (χ3v) is 5.97. The number of nitriles is 1. The largest absolute Gasteiger partial charge is 0.368 e. The first-order chi connectivity index (χ1) is 14.6. The zero-order valence-corrected chi connectivity index (χ0v) is 16.7. The van der Waals surface area contributed by atoms with E-state index in [0.29, 0.717) is 30.4 Å². The van der Waals surface area contributed by atoms with E-state index in [1.807, 2.05) is 12.1 Å². The fourth-order valence-corrected chi connectivity index (χ4v) is 4.18. The highest BCUT2D eigenvalue weighted by atomic mass is 19.1. The number of aromatic nitrogens is 6. The van der Waals surface area contributed by atoms with Gasteiger partial charge in [0.25, 0.3) is 0 Å². The van der Waals surface area contributed by atoms with Gasteiger partial charge in [-0.25, -0.2) is 4.39 Å². The normalized spacial score (nSPS) is 18.2. The van der Waals surface area contributed by atoms with Gasteiger partial charge in [-0.15, -0.1) is 10.2 Å². The van der Waals surface area contributed by atoms with Crippen LogP contribution in [0.2, 0.25) is 0 Å². The van der Waals surface area contributed by atoms with Gasteiger partial charge < -0.3 is 9.47 Å². The number of aryl methyl sites for hydroxylation is 1. The fourth-order valence-electron chi connectivity index (χ4n) is 4.18. The molecule has 5 rings (SSSR count). The summed E-state index contributed by atoms with van der Waals surface area (Å²) in [6.45, 7) is 0.905. The van der Waals surface area contributed by atoms with Crippen molar-refractivity contribution in [2.24, 2.45) is 7.05 Å². The maximum absolute atomic E-state index is 15.6. The van der Waals surface area contributed by atoms with Gasteiger partial charge in [-0.1, -0.05) is 0 Å². The highest BCUT2D eigenvalue weighted by molar-refractivity contribution is 5.80. The minimum absolute atomic E-state index is 0.267. The molecule has 1 saturated heterocycles. The highest BCUT2D eigenvalue weighted by Crippen LogP contribution is 2.44. The van der Waals surface area contributed by atoms with E-state index in [9.17, 15) is 5.26 Å². The predicted molar refractivity (Wildman–Crippen MR) is 107 cm³/mol. The Hall–Kier alpha value is -3.41. The van der Waals surface area contributed by atoms with Crippen molar-refractivity contribution in [1.29, 1.82) is 5.26 Å². The average molecular weight is 404 g/mol. The molecule has 2 fully saturated rings. The Morgan fingerprint density at radius 3 is 2.60 bits per heavy atom. The van der Waals surface area contributed by atoms with Crippen molar-refractivity contribution in [3.05, 3.63) is 47.9 Å². The van der Waals surface area contributed by atoms with Gasteiger partial charge in [0.1, 0.15) is 12.4 Å². The molecule has 30 heavy (non-hydrogen) atoms. The maximum Gasteiger partial charge on any atom is 0.173 e. The van der Waals surface area contributed by atoms with Gasteiger partial charge in [0.05, 0.1) is 29.3 Å². The van der Waals surface area contributed by atoms with Gasteiger partial charge in [-0.3, -0.25) is 4.98 Å². The molecule has 0 radical (unpaired) electrons.